The molecule has 1 saturated heterocycles. The standard InChI is InChI=1S/C12H19N3O2S/c1-10(12-6-2-3-8-14-12)18(16,17)15-11-5-4-7-13-9-11/h2-3,6,8,10-11,13,15H,4-5,7,9H2,1H3. The van der Waals surface area contributed by atoms with Crippen LogP contribution >= 0.6 is 0 Å². The van der Waals surface area contributed by atoms with Crippen molar-refractivity contribution in [2.24, 2.45) is 0 Å². The predicted molar refractivity (Wildman–Crippen MR) is 70.6 cm³/mol. The maximum Gasteiger partial charge on any atom is 0.220 e. The first-order chi connectivity index (χ1) is 8.59. The van der Waals surface area contributed by atoms with Gasteiger partial charge in [0.15, 0.2) is 0 Å². The molecular weight excluding hydrogens is 250 g/mol. The number of aromatic nitrogens is 1. The summed E-state index contributed by atoms with van der Waals surface area (Å²) in [5.41, 5.74) is 0.578. The molecule has 1 fully saturated rings. The average molecular weight is 269 g/mol. The summed E-state index contributed by atoms with van der Waals surface area (Å²) < 4.78 is 27.2. The Labute approximate surface area is 108 Å². The van der Waals surface area contributed by atoms with Gasteiger partial charge in [-0.3, -0.25) is 4.98 Å². The molecule has 18 heavy (non-hydrogen) atoms. The van der Waals surface area contributed by atoms with E-state index in [9.17, 15) is 8.42 Å². The number of hydrogen-bond acceptors (Lipinski definition) is 4. The lowest BCUT2D eigenvalue weighted by Crippen LogP contribution is -2.46. The molecule has 100 valence electrons. The highest BCUT2D eigenvalue weighted by atomic mass is 32.2. The predicted octanol–water partition coefficient (Wildman–Crippen LogP) is 0.814. The largest absolute Gasteiger partial charge is 0.315 e. The van der Waals surface area contributed by atoms with Gasteiger partial charge >= 0.3 is 0 Å². The Morgan fingerprint density at radius 2 is 2.33 bits per heavy atom. The zero-order valence-corrected chi connectivity index (χ0v) is 11.3. The van der Waals surface area contributed by atoms with Crippen molar-refractivity contribution in [2.75, 3.05) is 13.1 Å². The van der Waals surface area contributed by atoms with Crippen LogP contribution in [0.3, 0.4) is 0 Å². The molecule has 5 nitrogen and oxygen atoms in total. The van der Waals surface area contributed by atoms with Gasteiger partial charge in [0, 0.05) is 18.8 Å². The van der Waals surface area contributed by atoms with Crippen LogP contribution in [0.15, 0.2) is 24.4 Å². The number of rotatable bonds is 4. The molecule has 0 saturated carbocycles. The van der Waals surface area contributed by atoms with Gasteiger partial charge in [-0.15, -0.1) is 0 Å². The number of pyridine rings is 1. The number of hydrogen-bond donors (Lipinski definition) is 2. The van der Waals surface area contributed by atoms with Crippen molar-refractivity contribution in [1.29, 1.82) is 0 Å². The van der Waals surface area contributed by atoms with Crippen molar-refractivity contribution < 1.29 is 8.42 Å². The molecule has 6 heteroatoms. The molecule has 0 spiro atoms. The van der Waals surface area contributed by atoms with E-state index in [0.717, 1.165) is 19.4 Å². The third-order valence-electron chi connectivity index (χ3n) is 3.20. The van der Waals surface area contributed by atoms with E-state index in [0.29, 0.717) is 12.2 Å². The van der Waals surface area contributed by atoms with Crippen molar-refractivity contribution in [1.82, 2.24) is 15.0 Å². The summed E-state index contributed by atoms with van der Waals surface area (Å²) in [6.07, 6.45) is 3.51. The first-order valence-electron chi connectivity index (χ1n) is 6.22. The van der Waals surface area contributed by atoms with E-state index >= 15 is 0 Å². The minimum absolute atomic E-state index is 0.00471. The molecule has 0 radical (unpaired) electrons. The molecule has 0 aromatic carbocycles. The monoisotopic (exact) mass is 269 g/mol. The fraction of sp³-hybridized carbons (Fsp3) is 0.583. The Bertz CT molecular complexity index is 469. The third-order valence-corrected chi connectivity index (χ3v) is 5.03. The second kappa shape index (κ2) is 5.77. The Kier molecular flexibility index (Phi) is 4.31. The van der Waals surface area contributed by atoms with Crippen molar-refractivity contribution in [3.63, 3.8) is 0 Å². The average Bonchev–Trinajstić information content (AvgIpc) is 2.39. The van der Waals surface area contributed by atoms with Gasteiger partial charge in [0.2, 0.25) is 10.0 Å². The smallest absolute Gasteiger partial charge is 0.220 e. The Hall–Kier alpha value is -0.980. The maximum atomic E-state index is 12.2. The fourth-order valence-corrected chi connectivity index (χ4v) is 3.39. The Balaban J connectivity index is 2.06. The molecule has 2 rings (SSSR count). The highest BCUT2D eigenvalue weighted by Crippen LogP contribution is 2.19. The van der Waals surface area contributed by atoms with Crippen LogP contribution in [0.25, 0.3) is 0 Å². The first-order valence-corrected chi connectivity index (χ1v) is 7.77. The number of nitrogens with zero attached hydrogens (tertiary/aromatic N) is 1. The van der Waals surface area contributed by atoms with Gasteiger partial charge in [0.1, 0.15) is 5.25 Å². The molecule has 0 amide bonds. The van der Waals surface area contributed by atoms with Crippen molar-refractivity contribution in [3.05, 3.63) is 30.1 Å². The van der Waals surface area contributed by atoms with Crippen LogP contribution in [0.5, 0.6) is 0 Å². The van der Waals surface area contributed by atoms with Gasteiger partial charge in [0.25, 0.3) is 0 Å². The SMILES string of the molecule is CC(c1ccccn1)S(=O)(=O)NC1CCCNC1. The molecule has 0 bridgehead atoms. The van der Waals surface area contributed by atoms with Gasteiger partial charge in [-0.1, -0.05) is 6.07 Å². The molecule has 1 aliphatic rings. The quantitative estimate of drug-likeness (QED) is 0.848. The van der Waals surface area contributed by atoms with Crippen molar-refractivity contribution >= 4 is 10.0 Å². The Morgan fingerprint density at radius 1 is 1.50 bits per heavy atom. The molecule has 1 aliphatic heterocycles. The van der Waals surface area contributed by atoms with E-state index in [4.69, 9.17) is 0 Å². The summed E-state index contributed by atoms with van der Waals surface area (Å²) in [5.74, 6) is 0. The van der Waals surface area contributed by atoms with E-state index in [2.05, 4.69) is 15.0 Å². The van der Waals surface area contributed by atoms with Crippen molar-refractivity contribution in [2.45, 2.75) is 31.1 Å². The van der Waals surface area contributed by atoms with E-state index in [1.165, 1.54) is 0 Å². The van der Waals surface area contributed by atoms with Gasteiger partial charge in [-0.05, 0) is 38.4 Å². The van der Waals surface area contributed by atoms with E-state index < -0.39 is 15.3 Å². The molecule has 1 aromatic heterocycles. The zero-order valence-electron chi connectivity index (χ0n) is 10.5. The summed E-state index contributed by atoms with van der Waals surface area (Å²) in [4.78, 5) is 4.10. The normalized spacial score (nSPS) is 22.6. The van der Waals surface area contributed by atoms with Crippen LogP contribution in [0, 0.1) is 0 Å². The minimum atomic E-state index is -3.37. The van der Waals surface area contributed by atoms with E-state index in [1.807, 2.05) is 0 Å². The van der Waals surface area contributed by atoms with E-state index in [1.54, 1.807) is 31.3 Å². The second-order valence-corrected chi connectivity index (χ2v) is 6.64. The van der Waals surface area contributed by atoms with Crippen LogP contribution in [-0.2, 0) is 10.0 Å². The molecule has 2 unspecified atom stereocenters. The lowest BCUT2D eigenvalue weighted by molar-refractivity contribution is 0.427. The lowest BCUT2D eigenvalue weighted by Gasteiger charge is -2.25. The Morgan fingerprint density at radius 3 is 2.94 bits per heavy atom. The number of nitrogens with one attached hydrogen (secondary N) is 2. The molecule has 2 N–H and O–H groups in total. The molecule has 2 atom stereocenters. The first kappa shape index (κ1) is 13.5. The minimum Gasteiger partial charge on any atom is -0.315 e. The highest BCUT2D eigenvalue weighted by molar-refractivity contribution is 7.89. The van der Waals surface area contributed by atoms with Gasteiger partial charge < -0.3 is 5.32 Å². The van der Waals surface area contributed by atoms with Crippen LogP contribution in [-0.4, -0.2) is 32.5 Å². The highest BCUT2D eigenvalue weighted by Gasteiger charge is 2.27. The summed E-state index contributed by atoms with van der Waals surface area (Å²) in [7, 11) is -3.37. The van der Waals surface area contributed by atoms with E-state index in [-0.39, 0.29) is 6.04 Å². The molecule has 0 aliphatic carbocycles. The maximum absolute atomic E-state index is 12.2. The van der Waals surface area contributed by atoms with Gasteiger partial charge in [0.05, 0.1) is 5.69 Å². The van der Waals surface area contributed by atoms with Crippen LogP contribution in [0.4, 0.5) is 0 Å². The van der Waals surface area contributed by atoms with Crippen molar-refractivity contribution in [3.8, 4) is 0 Å². The summed E-state index contributed by atoms with van der Waals surface area (Å²) in [6.45, 7) is 3.34. The number of sulfonamides is 1. The summed E-state index contributed by atoms with van der Waals surface area (Å²) in [5, 5.41) is 2.57. The lowest BCUT2D eigenvalue weighted by atomic mass is 10.1. The van der Waals surface area contributed by atoms with Crippen LogP contribution < -0.4 is 10.0 Å². The van der Waals surface area contributed by atoms with Gasteiger partial charge in [-0.2, -0.15) is 0 Å². The van der Waals surface area contributed by atoms with Crippen LogP contribution in [0.1, 0.15) is 30.7 Å². The number of piperidine rings is 1. The molecular formula is C12H19N3O2S. The molecule has 2 heterocycles. The van der Waals surface area contributed by atoms with Gasteiger partial charge in [-0.25, -0.2) is 13.1 Å². The third kappa shape index (κ3) is 3.28. The summed E-state index contributed by atoms with van der Waals surface area (Å²) in [6, 6.07) is 5.32. The zero-order chi connectivity index (χ0) is 13.0. The molecule has 1 aromatic rings. The fourth-order valence-electron chi connectivity index (χ4n) is 2.06. The van der Waals surface area contributed by atoms with Crippen LogP contribution in [0.2, 0.25) is 0 Å². The topological polar surface area (TPSA) is 71.1 Å². The second-order valence-electron chi connectivity index (χ2n) is 4.60. The summed E-state index contributed by atoms with van der Waals surface area (Å²) >= 11 is 0.